The molecule has 0 unspecified atom stereocenters. The number of rotatable bonds is 10. The average Bonchev–Trinajstić information content (AvgIpc) is 3.41. The predicted octanol–water partition coefficient (Wildman–Crippen LogP) is 3.15. The fourth-order valence-electron chi connectivity index (χ4n) is 4.41. The summed E-state index contributed by atoms with van der Waals surface area (Å²) in [7, 11) is 1.60. The molecule has 1 aliphatic carbocycles. The van der Waals surface area contributed by atoms with Crippen molar-refractivity contribution in [2.45, 2.75) is 52.0 Å². The van der Waals surface area contributed by atoms with E-state index in [4.69, 9.17) is 9.47 Å². The Labute approximate surface area is 179 Å². The number of methoxy groups -OCH3 is 1. The Balaban J connectivity index is 1.59. The van der Waals surface area contributed by atoms with Crippen molar-refractivity contribution in [1.29, 1.82) is 0 Å². The van der Waals surface area contributed by atoms with E-state index in [-0.39, 0.29) is 17.7 Å². The third-order valence-corrected chi connectivity index (χ3v) is 6.29. The first-order valence-electron chi connectivity index (χ1n) is 11.2. The second kappa shape index (κ2) is 10.7. The molecule has 1 N–H and O–H groups in total. The Morgan fingerprint density at radius 2 is 1.93 bits per heavy atom. The molecule has 1 aliphatic heterocycles. The van der Waals surface area contributed by atoms with Gasteiger partial charge in [0.25, 0.3) is 0 Å². The van der Waals surface area contributed by atoms with Crippen LogP contribution in [0, 0.1) is 5.92 Å². The van der Waals surface area contributed by atoms with Gasteiger partial charge in [-0.1, -0.05) is 26.7 Å². The maximum atomic E-state index is 12.8. The van der Waals surface area contributed by atoms with Gasteiger partial charge in [-0.15, -0.1) is 0 Å². The van der Waals surface area contributed by atoms with E-state index in [2.05, 4.69) is 24.1 Å². The lowest BCUT2D eigenvalue weighted by molar-refractivity contribution is -0.129. The maximum absolute atomic E-state index is 12.8. The molecule has 7 nitrogen and oxygen atoms in total. The molecule has 7 heteroatoms. The summed E-state index contributed by atoms with van der Waals surface area (Å²) in [4.78, 5) is 29.4. The van der Waals surface area contributed by atoms with E-state index >= 15 is 0 Å². The van der Waals surface area contributed by atoms with Gasteiger partial charge in [0.15, 0.2) is 11.5 Å². The number of amides is 2. The van der Waals surface area contributed by atoms with Gasteiger partial charge in [-0.2, -0.15) is 0 Å². The van der Waals surface area contributed by atoms with Gasteiger partial charge in [0.1, 0.15) is 6.61 Å². The molecule has 0 spiro atoms. The van der Waals surface area contributed by atoms with Crippen molar-refractivity contribution in [1.82, 2.24) is 9.80 Å². The number of likely N-dealkylation sites (N-methyl/N-ethyl adjacent to an activating group) is 1. The lowest BCUT2D eigenvalue weighted by Gasteiger charge is -2.24. The fraction of sp³-hybridized carbons (Fsp3) is 0.652. The summed E-state index contributed by atoms with van der Waals surface area (Å²) in [6.45, 7) is 8.11. The van der Waals surface area contributed by atoms with Crippen molar-refractivity contribution in [3.05, 3.63) is 18.2 Å². The number of benzene rings is 1. The van der Waals surface area contributed by atoms with Crippen LogP contribution < -0.4 is 14.8 Å². The highest BCUT2D eigenvalue weighted by Gasteiger charge is 2.38. The molecule has 1 atom stereocenters. The minimum Gasteiger partial charge on any atom is -0.493 e. The van der Waals surface area contributed by atoms with Gasteiger partial charge in [0.05, 0.1) is 13.0 Å². The van der Waals surface area contributed by atoms with Gasteiger partial charge in [0, 0.05) is 37.3 Å². The summed E-state index contributed by atoms with van der Waals surface area (Å²) in [6, 6.07) is 5.72. The van der Waals surface area contributed by atoms with Gasteiger partial charge in [-0.25, -0.2) is 0 Å². The molecule has 2 aliphatic rings. The standard InChI is InChI=1S/C23H35N3O4/c1-4-25(5-2)12-13-30-21-15-18(10-11-20(21)29-3)24-23(28)17-14-22(27)26(16-17)19-8-6-7-9-19/h10-11,15,17,19H,4-9,12-14,16H2,1-3H3,(H,24,28)/t17-/m1/s1. The fourth-order valence-corrected chi connectivity index (χ4v) is 4.41. The quantitative estimate of drug-likeness (QED) is 0.633. The van der Waals surface area contributed by atoms with E-state index in [1.165, 1.54) is 12.8 Å². The minimum absolute atomic E-state index is 0.108. The van der Waals surface area contributed by atoms with Crippen molar-refractivity contribution in [2.75, 3.05) is 45.2 Å². The number of anilines is 1. The molecule has 0 bridgehead atoms. The van der Waals surface area contributed by atoms with Crippen molar-refractivity contribution in [2.24, 2.45) is 5.92 Å². The normalized spacial score (nSPS) is 19.5. The zero-order valence-corrected chi connectivity index (χ0v) is 18.5. The number of likely N-dealkylation sites (tertiary alicyclic amines) is 1. The molecule has 1 aromatic rings. The van der Waals surface area contributed by atoms with Crippen molar-refractivity contribution >= 4 is 17.5 Å². The van der Waals surface area contributed by atoms with Crippen LogP contribution in [-0.4, -0.2) is 67.6 Å². The first-order valence-corrected chi connectivity index (χ1v) is 11.2. The van der Waals surface area contributed by atoms with E-state index < -0.39 is 0 Å². The van der Waals surface area contributed by atoms with Crippen LogP contribution in [0.3, 0.4) is 0 Å². The SMILES string of the molecule is CCN(CC)CCOc1cc(NC(=O)[C@@H]2CC(=O)N(C3CCCC3)C2)ccc1OC. The lowest BCUT2D eigenvalue weighted by Crippen LogP contribution is -2.35. The Bertz CT molecular complexity index is 729. The maximum Gasteiger partial charge on any atom is 0.229 e. The number of hydrogen-bond acceptors (Lipinski definition) is 5. The van der Waals surface area contributed by atoms with Crippen molar-refractivity contribution < 1.29 is 19.1 Å². The predicted molar refractivity (Wildman–Crippen MR) is 117 cm³/mol. The van der Waals surface area contributed by atoms with Crippen LogP contribution >= 0.6 is 0 Å². The first kappa shape index (κ1) is 22.4. The second-order valence-electron chi connectivity index (χ2n) is 8.12. The average molecular weight is 418 g/mol. The summed E-state index contributed by atoms with van der Waals surface area (Å²) < 4.78 is 11.3. The zero-order chi connectivity index (χ0) is 21.5. The summed E-state index contributed by atoms with van der Waals surface area (Å²) in [5.41, 5.74) is 0.658. The molecule has 2 amide bonds. The van der Waals surface area contributed by atoms with Crippen LogP contribution in [0.25, 0.3) is 0 Å². The van der Waals surface area contributed by atoms with Crippen LogP contribution in [0.5, 0.6) is 11.5 Å². The highest BCUT2D eigenvalue weighted by atomic mass is 16.5. The van der Waals surface area contributed by atoms with Gasteiger partial charge in [-0.05, 0) is 38.1 Å². The van der Waals surface area contributed by atoms with Crippen LogP contribution in [0.15, 0.2) is 18.2 Å². The molecule has 1 aromatic carbocycles. The molecule has 2 fully saturated rings. The lowest BCUT2D eigenvalue weighted by atomic mass is 10.1. The molecule has 166 valence electrons. The Kier molecular flexibility index (Phi) is 7.96. The van der Waals surface area contributed by atoms with E-state index in [1.54, 1.807) is 25.3 Å². The molecule has 0 radical (unpaired) electrons. The number of nitrogens with one attached hydrogen (secondary N) is 1. The minimum atomic E-state index is -0.299. The molecule has 1 saturated heterocycles. The largest absolute Gasteiger partial charge is 0.493 e. The van der Waals surface area contributed by atoms with Crippen LogP contribution in [0.2, 0.25) is 0 Å². The van der Waals surface area contributed by atoms with E-state index in [0.717, 1.165) is 32.5 Å². The summed E-state index contributed by atoms with van der Waals surface area (Å²) in [6.07, 6.45) is 4.77. The molecular weight excluding hydrogens is 382 g/mol. The third kappa shape index (κ3) is 5.45. The number of carbonyl (C=O) groups excluding carboxylic acids is 2. The Morgan fingerprint density at radius 1 is 1.20 bits per heavy atom. The topological polar surface area (TPSA) is 71.1 Å². The number of carbonyl (C=O) groups is 2. The monoisotopic (exact) mass is 417 g/mol. The van der Waals surface area contributed by atoms with E-state index in [0.29, 0.717) is 42.8 Å². The molecule has 30 heavy (non-hydrogen) atoms. The molecular formula is C23H35N3O4. The van der Waals surface area contributed by atoms with Gasteiger partial charge < -0.3 is 24.6 Å². The van der Waals surface area contributed by atoms with Gasteiger partial charge in [-0.3, -0.25) is 9.59 Å². The van der Waals surface area contributed by atoms with Crippen LogP contribution in [0.1, 0.15) is 46.0 Å². The zero-order valence-electron chi connectivity index (χ0n) is 18.5. The highest BCUT2D eigenvalue weighted by Crippen LogP contribution is 2.32. The summed E-state index contributed by atoms with van der Waals surface area (Å²) in [5.74, 6) is 0.945. The van der Waals surface area contributed by atoms with Crippen LogP contribution in [0.4, 0.5) is 5.69 Å². The van der Waals surface area contributed by atoms with Gasteiger partial charge in [0.2, 0.25) is 11.8 Å². The smallest absolute Gasteiger partial charge is 0.229 e. The van der Waals surface area contributed by atoms with Crippen molar-refractivity contribution in [3.63, 3.8) is 0 Å². The number of hydrogen-bond donors (Lipinski definition) is 1. The summed E-state index contributed by atoms with van der Waals surface area (Å²) in [5, 5.41) is 2.96. The number of nitrogens with zero attached hydrogens (tertiary/aromatic N) is 2. The Morgan fingerprint density at radius 3 is 2.60 bits per heavy atom. The molecule has 0 aromatic heterocycles. The molecule has 3 rings (SSSR count). The summed E-state index contributed by atoms with van der Waals surface area (Å²) >= 11 is 0. The second-order valence-corrected chi connectivity index (χ2v) is 8.12. The number of ether oxygens (including phenoxy) is 2. The van der Waals surface area contributed by atoms with Crippen molar-refractivity contribution in [3.8, 4) is 11.5 Å². The Hall–Kier alpha value is -2.28. The molecule has 1 saturated carbocycles. The highest BCUT2D eigenvalue weighted by molar-refractivity contribution is 5.97. The first-order chi connectivity index (χ1) is 14.5. The van der Waals surface area contributed by atoms with Gasteiger partial charge >= 0.3 is 0 Å². The van der Waals surface area contributed by atoms with E-state index in [1.807, 2.05) is 4.90 Å². The molecule has 1 heterocycles. The van der Waals surface area contributed by atoms with E-state index in [9.17, 15) is 9.59 Å². The van der Waals surface area contributed by atoms with Crippen LogP contribution in [-0.2, 0) is 9.59 Å². The third-order valence-electron chi connectivity index (χ3n) is 6.29.